The number of nitrogens with zero attached hydrogens (tertiary/aromatic N) is 2. The molecule has 1 aromatic rings. The van der Waals surface area contributed by atoms with Gasteiger partial charge in [0.1, 0.15) is 18.0 Å². The minimum absolute atomic E-state index is 0.803. The molecule has 2 N–H and O–H groups in total. The van der Waals surface area contributed by atoms with E-state index in [0.717, 1.165) is 43.0 Å². The van der Waals surface area contributed by atoms with E-state index < -0.39 is 0 Å². The third kappa shape index (κ3) is 3.58. The summed E-state index contributed by atoms with van der Waals surface area (Å²) in [7, 11) is 0. The molecule has 1 aromatic heterocycles. The van der Waals surface area contributed by atoms with Gasteiger partial charge < -0.3 is 10.6 Å². The van der Waals surface area contributed by atoms with Crippen LogP contribution in [-0.2, 0) is 6.42 Å². The lowest BCUT2D eigenvalue weighted by molar-refractivity contribution is 0.536. The summed E-state index contributed by atoms with van der Waals surface area (Å²) in [6.45, 7) is 8.53. The molecule has 1 saturated carbocycles. The number of anilines is 2. The zero-order valence-electron chi connectivity index (χ0n) is 12.4. The van der Waals surface area contributed by atoms with Gasteiger partial charge in [0.05, 0.1) is 0 Å². The lowest BCUT2D eigenvalue weighted by atomic mass is 10.1. The minimum atomic E-state index is 0.803. The third-order valence-electron chi connectivity index (χ3n) is 4.00. The second-order valence-electron chi connectivity index (χ2n) is 5.60. The number of hydrogen-bond donors (Lipinski definition) is 2. The Morgan fingerprint density at radius 1 is 1.16 bits per heavy atom. The largest absolute Gasteiger partial charge is 0.370 e. The van der Waals surface area contributed by atoms with Gasteiger partial charge in [-0.15, -0.1) is 0 Å². The van der Waals surface area contributed by atoms with Crippen LogP contribution in [0.5, 0.6) is 0 Å². The Labute approximate surface area is 116 Å². The molecule has 2 atom stereocenters. The average molecular weight is 262 g/mol. The topological polar surface area (TPSA) is 49.8 Å². The number of nitrogens with one attached hydrogen (secondary N) is 2. The highest BCUT2D eigenvalue weighted by Gasteiger charge is 2.21. The van der Waals surface area contributed by atoms with E-state index in [9.17, 15) is 0 Å². The van der Waals surface area contributed by atoms with Crippen LogP contribution in [0.2, 0.25) is 0 Å². The van der Waals surface area contributed by atoms with Crippen molar-refractivity contribution in [1.29, 1.82) is 0 Å². The maximum absolute atomic E-state index is 4.41. The molecule has 0 radical (unpaired) electrons. The standard InChI is InChI=1S/C15H26N4/c1-4-13-14(16-5-2)18-10-19-15(13)17-9-12-7-6-11(3)8-12/h10-12H,4-9H2,1-3H3,(H2,16,17,18,19). The fourth-order valence-corrected chi connectivity index (χ4v) is 2.97. The van der Waals surface area contributed by atoms with Crippen LogP contribution in [0.1, 0.15) is 45.6 Å². The predicted molar refractivity (Wildman–Crippen MR) is 80.6 cm³/mol. The van der Waals surface area contributed by atoms with Crippen molar-refractivity contribution in [2.24, 2.45) is 11.8 Å². The second kappa shape index (κ2) is 6.73. The monoisotopic (exact) mass is 262 g/mol. The Morgan fingerprint density at radius 3 is 2.47 bits per heavy atom. The van der Waals surface area contributed by atoms with E-state index in [0.29, 0.717) is 0 Å². The molecule has 0 spiro atoms. The summed E-state index contributed by atoms with van der Waals surface area (Å²) in [5.74, 6) is 3.67. The molecule has 1 aliphatic rings. The van der Waals surface area contributed by atoms with Crippen LogP contribution in [0.3, 0.4) is 0 Å². The molecule has 4 heteroatoms. The van der Waals surface area contributed by atoms with Gasteiger partial charge in [-0.3, -0.25) is 0 Å². The summed E-state index contributed by atoms with van der Waals surface area (Å²) < 4.78 is 0. The molecule has 0 amide bonds. The van der Waals surface area contributed by atoms with Crippen molar-refractivity contribution in [2.45, 2.75) is 46.5 Å². The first kappa shape index (κ1) is 14.1. The SMILES string of the molecule is CCNc1ncnc(NCC2CCC(C)C2)c1CC. The number of rotatable bonds is 6. The van der Waals surface area contributed by atoms with E-state index in [1.165, 1.54) is 24.8 Å². The lowest BCUT2D eigenvalue weighted by Gasteiger charge is -2.16. The molecule has 4 nitrogen and oxygen atoms in total. The summed E-state index contributed by atoms with van der Waals surface area (Å²) in [5.41, 5.74) is 1.20. The number of hydrogen-bond acceptors (Lipinski definition) is 4. The van der Waals surface area contributed by atoms with Crippen molar-refractivity contribution in [3.05, 3.63) is 11.9 Å². The second-order valence-corrected chi connectivity index (χ2v) is 5.60. The molecule has 2 unspecified atom stereocenters. The first-order chi connectivity index (χ1) is 9.24. The first-order valence-corrected chi connectivity index (χ1v) is 7.56. The Hall–Kier alpha value is -1.32. The van der Waals surface area contributed by atoms with E-state index >= 15 is 0 Å². The van der Waals surface area contributed by atoms with Crippen LogP contribution < -0.4 is 10.6 Å². The van der Waals surface area contributed by atoms with Gasteiger partial charge >= 0.3 is 0 Å². The Balaban J connectivity index is 2.00. The van der Waals surface area contributed by atoms with E-state index in [1.807, 2.05) is 0 Å². The van der Waals surface area contributed by atoms with Crippen molar-refractivity contribution in [2.75, 3.05) is 23.7 Å². The fraction of sp³-hybridized carbons (Fsp3) is 0.733. The maximum Gasteiger partial charge on any atom is 0.134 e. The molecular weight excluding hydrogens is 236 g/mol. The van der Waals surface area contributed by atoms with Gasteiger partial charge in [0.2, 0.25) is 0 Å². The molecule has 1 aliphatic carbocycles. The van der Waals surface area contributed by atoms with Crippen LogP contribution in [-0.4, -0.2) is 23.1 Å². The Bertz CT molecular complexity index is 405. The quantitative estimate of drug-likeness (QED) is 0.825. The Kier molecular flexibility index (Phi) is 5.00. The minimum Gasteiger partial charge on any atom is -0.370 e. The summed E-state index contributed by atoms with van der Waals surface area (Å²) >= 11 is 0. The van der Waals surface area contributed by atoms with Crippen molar-refractivity contribution in [1.82, 2.24) is 9.97 Å². The summed E-state index contributed by atoms with van der Waals surface area (Å²) in [5, 5.41) is 6.85. The predicted octanol–water partition coefficient (Wildman–Crippen LogP) is 3.32. The van der Waals surface area contributed by atoms with Crippen molar-refractivity contribution in [3.63, 3.8) is 0 Å². The van der Waals surface area contributed by atoms with Gasteiger partial charge in [0.25, 0.3) is 0 Å². The molecule has 1 heterocycles. The molecule has 19 heavy (non-hydrogen) atoms. The highest BCUT2D eigenvalue weighted by atomic mass is 15.1. The number of aromatic nitrogens is 2. The Morgan fingerprint density at radius 2 is 1.89 bits per heavy atom. The normalized spacial score (nSPS) is 22.5. The van der Waals surface area contributed by atoms with Crippen LogP contribution in [0.25, 0.3) is 0 Å². The van der Waals surface area contributed by atoms with Crippen LogP contribution in [0.4, 0.5) is 11.6 Å². The van der Waals surface area contributed by atoms with Crippen LogP contribution in [0, 0.1) is 11.8 Å². The van der Waals surface area contributed by atoms with E-state index in [2.05, 4.69) is 41.4 Å². The van der Waals surface area contributed by atoms with Crippen molar-refractivity contribution < 1.29 is 0 Å². The van der Waals surface area contributed by atoms with Gasteiger partial charge in [-0.25, -0.2) is 9.97 Å². The molecule has 0 bridgehead atoms. The molecule has 0 aromatic carbocycles. The summed E-state index contributed by atoms with van der Waals surface area (Å²) in [6, 6.07) is 0. The lowest BCUT2D eigenvalue weighted by Crippen LogP contribution is -2.15. The molecule has 1 fully saturated rings. The van der Waals surface area contributed by atoms with Gasteiger partial charge in [-0.1, -0.05) is 20.3 Å². The molecule has 0 saturated heterocycles. The first-order valence-electron chi connectivity index (χ1n) is 7.56. The smallest absolute Gasteiger partial charge is 0.134 e. The summed E-state index contributed by atoms with van der Waals surface area (Å²) in [6.07, 6.45) is 6.67. The van der Waals surface area contributed by atoms with E-state index in [4.69, 9.17) is 0 Å². The van der Waals surface area contributed by atoms with Gasteiger partial charge in [0, 0.05) is 18.7 Å². The molecule has 2 rings (SSSR count). The van der Waals surface area contributed by atoms with Crippen molar-refractivity contribution >= 4 is 11.6 Å². The zero-order chi connectivity index (χ0) is 13.7. The van der Waals surface area contributed by atoms with Gasteiger partial charge in [-0.05, 0) is 38.0 Å². The maximum atomic E-state index is 4.41. The highest BCUT2D eigenvalue weighted by Crippen LogP contribution is 2.30. The molecular formula is C15H26N4. The van der Waals surface area contributed by atoms with Crippen molar-refractivity contribution in [3.8, 4) is 0 Å². The van der Waals surface area contributed by atoms with E-state index in [1.54, 1.807) is 6.33 Å². The zero-order valence-corrected chi connectivity index (χ0v) is 12.4. The summed E-state index contributed by atoms with van der Waals surface area (Å²) in [4.78, 5) is 8.74. The third-order valence-corrected chi connectivity index (χ3v) is 4.00. The van der Waals surface area contributed by atoms with Gasteiger partial charge in [0.15, 0.2) is 0 Å². The molecule has 106 valence electrons. The molecule has 0 aliphatic heterocycles. The van der Waals surface area contributed by atoms with Crippen LogP contribution in [0.15, 0.2) is 6.33 Å². The fourth-order valence-electron chi connectivity index (χ4n) is 2.97. The van der Waals surface area contributed by atoms with Crippen LogP contribution >= 0.6 is 0 Å². The highest BCUT2D eigenvalue weighted by molar-refractivity contribution is 5.57. The van der Waals surface area contributed by atoms with Gasteiger partial charge in [-0.2, -0.15) is 0 Å². The average Bonchev–Trinajstić information content (AvgIpc) is 2.83. The van der Waals surface area contributed by atoms with E-state index in [-0.39, 0.29) is 0 Å².